The minimum Gasteiger partial charge on any atom is -0.423 e. The predicted molar refractivity (Wildman–Crippen MR) is 156 cm³/mol. The van der Waals surface area contributed by atoms with Gasteiger partial charge in [-0.1, -0.05) is 146 Å². The van der Waals surface area contributed by atoms with E-state index in [1.54, 1.807) is 12.1 Å². The molecule has 0 aliphatic carbocycles. The minimum absolute atomic E-state index is 0.302. The molecule has 5 aromatic carbocycles. The third-order valence-electron chi connectivity index (χ3n) is 5.66. The van der Waals surface area contributed by atoms with Crippen molar-refractivity contribution in [3.63, 3.8) is 0 Å². The second-order valence-electron chi connectivity index (χ2n) is 8.18. The summed E-state index contributed by atoms with van der Waals surface area (Å²) in [5.74, 6) is 0. The van der Waals surface area contributed by atoms with Crippen LogP contribution in [0.15, 0.2) is 167 Å². The summed E-state index contributed by atoms with van der Waals surface area (Å²) in [5.41, 5.74) is 6.60. The SMILES string of the molecule is C=Cc1ccccc1.O=c1ccc2ccccc2o1.c1ccc(-c2ccccc2-c2ccccc2)cc1. The Hall–Kier alpha value is -4.95. The molecular formula is C35H28O2. The summed E-state index contributed by atoms with van der Waals surface area (Å²) in [4.78, 5) is 10.7. The van der Waals surface area contributed by atoms with Crippen molar-refractivity contribution >= 4 is 17.0 Å². The molecule has 2 heteroatoms. The largest absolute Gasteiger partial charge is 0.423 e. The fourth-order valence-electron chi connectivity index (χ4n) is 3.82. The van der Waals surface area contributed by atoms with Crippen LogP contribution in [0.4, 0.5) is 0 Å². The topological polar surface area (TPSA) is 30.2 Å². The summed E-state index contributed by atoms with van der Waals surface area (Å²) in [6.07, 6.45) is 1.83. The van der Waals surface area contributed by atoms with Gasteiger partial charge in [-0.2, -0.15) is 0 Å². The van der Waals surface area contributed by atoms with Gasteiger partial charge in [-0.3, -0.25) is 0 Å². The van der Waals surface area contributed by atoms with Gasteiger partial charge >= 0.3 is 5.63 Å². The van der Waals surface area contributed by atoms with E-state index < -0.39 is 0 Å². The van der Waals surface area contributed by atoms with E-state index in [1.165, 1.54) is 33.9 Å². The maximum Gasteiger partial charge on any atom is 0.336 e. The lowest BCUT2D eigenvalue weighted by atomic mass is 9.95. The Kier molecular flexibility index (Phi) is 8.99. The van der Waals surface area contributed by atoms with Crippen LogP contribution in [0.25, 0.3) is 39.3 Å². The Morgan fingerprint density at radius 1 is 0.486 bits per heavy atom. The first-order valence-corrected chi connectivity index (χ1v) is 12.1. The lowest BCUT2D eigenvalue weighted by molar-refractivity contribution is 0.561. The zero-order valence-corrected chi connectivity index (χ0v) is 20.5. The molecule has 0 spiro atoms. The lowest BCUT2D eigenvalue weighted by Gasteiger charge is -2.09. The molecular weight excluding hydrogens is 452 g/mol. The monoisotopic (exact) mass is 480 g/mol. The molecule has 0 fully saturated rings. The highest BCUT2D eigenvalue weighted by Gasteiger charge is 2.05. The van der Waals surface area contributed by atoms with Gasteiger partial charge in [0, 0.05) is 11.5 Å². The Morgan fingerprint density at radius 2 is 0.946 bits per heavy atom. The molecule has 0 saturated carbocycles. The van der Waals surface area contributed by atoms with Gasteiger partial charge in [0.15, 0.2) is 0 Å². The van der Waals surface area contributed by atoms with Crippen LogP contribution < -0.4 is 5.63 Å². The molecule has 1 heterocycles. The number of hydrogen-bond donors (Lipinski definition) is 0. The van der Waals surface area contributed by atoms with Gasteiger partial charge in [0.2, 0.25) is 0 Å². The van der Waals surface area contributed by atoms with E-state index >= 15 is 0 Å². The maximum absolute atomic E-state index is 10.7. The second-order valence-corrected chi connectivity index (χ2v) is 8.18. The molecule has 0 saturated heterocycles. The summed E-state index contributed by atoms with van der Waals surface area (Å²) in [6.45, 7) is 3.63. The smallest absolute Gasteiger partial charge is 0.336 e. The first-order chi connectivity index (χ1) is 18.2. The molecule has 6 aromatic rings. The molecule has 0 bridgehead atoms. The molecule has 6 rings (SSSR count). The molecule has 0 atom stereocenters. The molecule has 0 aliphatic rings. The Bertz CT molecular complexity index is 1530. The molecule has 0 radical (unpaired) electrons. The minimum atomic E-state index is -0.302. The molecule has 2 nitrogen and oxygen atoms in total. The predicted octanol–water partition coefficient (Wildman–Crippen LogP) is 9.14. The van der Waals surface area contributed by atoms with Crippen molar-refractivity contribution in [1.29, 1.82) is 0 Å². The number of rotatable bonds is 3. The fourth-order valence-corrected chi connectivity index (χ4v) is 3.82. The molecule has 180 valence electrons. The summed E-state index contributed by atoms with van der Waals surface area (Å²) < 4.78 is 4.91. The van der Waals surface area contributed by atoms with Gasteiger partial charge in [-0.05, 0) is 39.9 Å². The van der Waals surface area contributed by atoms with Crippen LogP contribution in [-0.4, -0.2) is 0 Å². The number of benzene rings is 5. The second kappa shape index (κ2) is 13.2. The number of fused-ring (bicyclic) bond motifs is 1. The van der Waals surface area contributed by atoms with Crippen LogP contribution in [0.5, 0.6) is 0 Å². The van der Waals surface area contributed by atoms with Gasteiger partial charge in [0.05, 0.1) is 0 Å². The highest BCUT2D eigenvalue weighted by Crippen LogP contribution is 2.31. The van der Waals surface area contributed by atoms with Gasteiger partial charge in [-0.15, -0.1) is 0 Å². The summed E-state index contributed by atoms with van der Waals surface area (Å²) in [6, 6.07) is 50.2. The van der Waals surface area contributed by atoms with Crippen molar-refractivity contribution in [2.24, 2.45) is 0 Å². The summed E-state index contributed by atoms with van der Waals surface area (Å²) >= 11 is 0. The van der Waals surface area contributed by atoms with E-state index in [4.69, 9.17) is 4.42 Å². The van der Waals surface area contributed by atoms with E-state index in [-0.39, 0.29) is 5.63 Å². The fraction of sp³-hybridized carbons (Fsp3) is 0. The van der Waals surface area contributed by atoms with Crippen LogP contribution >= 0.6 is 0 Å². The maximum atomic E-state index is 10.7. The number of hydrogen-bond acceptors (Lipinski definition) is 2. The van der Waals surface area contributed by atoms with Crippen molar-refractivity contribution in [1.82, 2.24) is 0 Å². The average molecular weight is 481 g/mol. The van der Waals surface area contributed by atoms with E-state index in [1.807, 2.05) is 54.6 Å². The molecule has 1 aromatic heterocycles. The first-order valence-electron chi connectivity index (χ1n) is 12.1. The standard InChI is InChI=1S/C18H14.C9H6O2.C8H8/c1-3-9-15(10-4-1)17-13-7-8-14-18(17)16-11-5-2-6-12-16;10-9-6-5-7-3-1-2-4-8(7)11-9;1-2-8-6-4-3-5-7-8/h1-14H;1-6H;2-7H,1H2. The third-order valence-corrected chi connectivity index (χ3v) is 5.66. The normalized spacial score (nSPS) is 9.84. The Labute approximate surface area is 217 Å². The van der Waals surface area contributed by atoms with Crippen molar-refractivity contribution < 1.29 is 4.42 Å². The quantitative estimate of drug-likeness (QED) is 0.236. The van der Waals surface area contributed by atoms with Crippen molar-refractivity contribution in [3.8, 4) is 22.3 Å². The van der Waals surface area contributed by atoms with Crippen LogP contribution in [0.2, 0.25) is 0 Å². The van der Waals surface area contributed by atoms with E-state index in [2.05, 4.69) is 91.5 Å². The van der Waals surface area contributed by atoms with Crippen molar-refractivity contribution in [3.05, 3.63) is 174 Å². The number of para-hydroxylation sites is 1. The van der Waals surface area contributed by atoms with Crippen LogP contribution in [-0.2, 0) is 0 Å². The van der Waals surface area contributed by atoms with E-state index in [0.717, 1.165) is 5.39 Å². The van der Waals surface area contributed by atoms with Gasteiger partial charge in [-0.25, -0.2) is 4.79 Å². The van der Waals surface area contributed by atoms with E-state index in [0.29, 0.717) is 5.58 Å². The molecule has 0 N–H and O–H groups in total. The Balaban J connectivity index is 0.000000143. The van der Waals surface area contributed by atoms with Crippen molar-refractivity contribution in [2.75, 3.05) is 0 Å². The van der Waals surface area contributed by atoms with Crippen LogP contribution in [0.1, 0.15) is 5.56 Å². The van der Waals surface area contributed by atoms with Crippen molar-refractivity contribution in [2.45, 2.75) is 0 Å². The third kappa shape index (κ3) is 7.27. The molecule has 0 amide bonds. The Morgan fingerprint density at radius 3 is 1.46 bits per heavy atom. The summed E-state index contributed by atoms with van der Waals surface area (Å²) in [7, 11) is 0. The molecule has 0 aliphatic heterocycles. The average Bonchev–Trinajstić information content (AvgIpc) is 2.99. The summed E-state index contributed by atoms with van der Waals surface area (Å²) in [5, 5.41) is 0.951. The van der Waals surface area contributed by atoms with E-state index in [9.17, 15) is 4.79 Å². The molecule has 0 unspecified atom stereocenters. The molecule has 37 heavy (non-hydrogen) atoms. The lowest BCUT2D eigenvalue weighted by Crippen LogP contribution is -1.93. The van der Waals surface area contributed by atoms with Gasteiger partial charge in [0.1, 0.15) is 5.58 Å². The van der Waals surface area contributed by atoms with Gasteiger partial charge < -0.3 is 4.42 Å². The highest BCUT2D eigenvalue weighted by atomic mass is 16.4. The van der Waals surface area contributed by atoms with Crippen LogP contribution in [0.3, 0.4) is 0 Å². The first kappa shape index (κ1) is 25.2. The van der Waals surface area contributed by atoms with Crippen LogP contribution in [0, 0.1) is 0 Å². The van der Waals surface area contributed by atoms with Gasteiger partial charge in [0.25, 0.3) is 0 Å². The zero-order valence-electron chi connectivity index (χ0n) is 20.5. The highest BCUT2D eigenvalue weighted by molar-refractivity contribution is 5.83. The zero-order chi connectivity index (χ0) is 25.7.